The third-order valence-corrected chi connectivity index (χ3v) is 1.65. The zero-order valence-electron chi connectivity index (χ0n) is 7.82. The molecule has 0 heterocycles. The third-order valence-electron chi connectivity index (χ3n) is 1.65. The molecule has 0 aromatic heterocycles. The lowest BCUT2D eigenvalue weighted by atomic mass is 10.1. The number of rotatable bonds is 5. The van der Waals surface area contributed by atoms with Crippen LogP contribution in [-0.2, 0) is 11.2 Å². The molecule has 2 heteroatoms. The minimum Gasteiger partial charge on any atom is -0.468 e. The van der Waals surface area contributed by atoms with Crippen molar-refractivity contribution in [1.82, 2.24) is 0 Å². The molecule has 0 aliphatic heterocycles. The highest BCUT2D eigenvalue weighted by atomic mass is 16.7. The van der Waals surface area contributed by atoms with Crippen LogP contribution >= 0.6 is 0 Å². The molecule has 2 nitrogen and oxygen atoms in total. The van der Waals surface area contributed by atoms with Gasteiger partial charge in [-0.15, -0.1) is 6.58 Å². The van der Waals surface area contributed by atoms with E-state index in [-0.39, 0.29) is 0 Å². The maximum Gasteiger partial charge on any atom is 0.188 e. The van der Waals surface area contributed by atoms with E-state index in [0.717, 1.165) is 12.2 Å². The van der Waals surface area contributed by atoms with Crippen molar-refractivity contribution < 1.29 is 9.47 Å². The molecular formula is C11H14O2. The van der Waals surface area contributed by atoms with Gasteiger partial charge in [0.2, 0.25) is 0 Å². The minimum absolute atomic E-state index is 0.292. The largest absolute Gasteiger partial charge is 0.468 e. The Morgan fingerprint density at radius 2 is 2.00 bits per heavy atom. The van der Waals surface area contributed by atoms with Gasteiger partial charge >= 0.3 is 0 Å². The van der Waals surface area contributed by atoms with Crippen molar-refractivity contribution >= 4 is 0 Å². The summed E-state index contributed by atoms with van der Waals surface area (Å²) in [6.45, 7) is 3.97. The lowest BCUT2D eigenvalue weighted by Crippen LogP contribution is -1.98. The Kier molecular flexibility index (Phi) is 4.06. The van der Waals surface area contributed by atoms with E-state index in [9.17, 15) is 0 Å². The van der Waals surface area contributed by atoms with Crippen molar-refractivity contribution in [3.63, 3.8) is 0 Å². The molecule has 0 radical (unpaired) electrons. The Morgan fingerprint density at radius 1 is 1.31 bits per heavy atom. The highest BCUT2D eigenvalue weighted by Crippen LogP contribution is 2.12. The number of ether oxygens (including phenoxy) is 2. The summed E-state index contributed by atoms with van der Waals surface area (Å²) in [4.78, 5) is 0. The Hall–Kier alpha value is -1.28. The van der Waals surface area contributed by atoms with E-state index in [1.807, 2.05) is 30.3 Å². The lowest BCUT2D eigenvalue weighted by molar-refractivity contribution is 0.0511. The van der Waals surface area contributed by atoms with Gasteiger partial charge in [-0.05, 0) is 24.1 Å². The Labute approximate surface area is 78.8 Å². The smallest absolute Gasteiger partial charge is 0.188 e. The van der Waals surface area contributed by atoms with Gasteiger partial charge in [-0.25, -0.2) is 0 Å². The van der Waals surface area contributed by atoms with E-state index < -0.39 is 0 Å². The Balaban J connectivity index is 2.53. The van der Waals surface area contributed by atoms with Crippen LogP contribution in [0.2, 0.25) is 0 Å². The number of benzene rings is 1. The van der Waals surface area contributed by atoms with Crippen molar-refractivity contribution in [1.29, 1.82) is 0 Å². The summed E-state index contributed by atoms with van der Waals surface area (Å²) < 4.78 is 10.0. The molecule has 0 atom stereocenters. The first-order valence-electron chi connectivity index (χ1n) is 4.18. The molecule has 0 aliphatic carbocycles. The first-order chi connectivity index (χ1) is 6.36. The average Bonchev–Trinajstić information content (AvgIpc) is 2.17. The van der Waals surface area contributed by atoms with Crippen LogP contribution in [0, 0.1) is 0 Å². The second-order valence-corrected chi connectivity index (χ2v) is 2.69. The van der Waals surface area contributed by atoms with Gasteiger partial charge in [0.1, 0.15) is 5.75 Å². The van der Waals surface area contributed by atoms with Gasteiger partial charge in [0.25, 0.3) is 0 Å². The quantitative estimate of drug-likeness (QED) is 0.509. The molecule has 1 aromatic carbocycles. The number of allylic oxidation sites excluding steroid dienone is 1. The SMILES string of the molecule is C=CCc1ccc(OCOC)cc1. The van der Waals surface area contributed by atoms with Crippen molar-refractivity contribution in [2.24, 2.45) is 0 Å². The molecule has 0 spiro atoms. The van der Waals surface area contributed by atoms with Crippen LogP contribution in [-0.4, -0.2) is 13.9 Å². The van der Waals surface area contributed by atoms with Crippen LogP contribution in [0.3, 0.4) is 0 Å². The van der Waals surface area contributed by atoms with Crippen LogP contribution < -0.4 is 4.74 Å². The van der Waals surface area contributed by atoms with Gasteiger partial charge in [0.05, 0.1) is 0 Å². The summed E-state index contributed by atoms with van der Waals surface area (Å²) in [7, 11) is 1.60. The Bertz CT molecular complexity index is 251. The molecule has 1 rings (SSSR count). The summed E-state index contributed by atoms with van der Waals surface area (Å²) in [5, 5.41) is 0. The summed E-state index contributed by atoms with van der Waals surface area (Å²) in [5.41, 5.74) is 1.24. The average molecular weight is 178 g/mol. The highest BCUT2D eigenvalue weighted by Gasteiger charge is 1.92. The van der Waals surface area contributed by atoms with E-state index in [1.165, 1.54) is 5.56 Å². The fraction of sp³-hybridized carbons (Fsp3) is 0.273. The molecule has 0 N–H and O–H groups in total. The summed E-state index contributed by atoms with van der Waals surface area (Å²) >= 11 is 0. The predicted octanol–water partition coefficient (Wildman–Crippen LogP) is 2.40. The predicted molar refractivity (Wildman–Crippen MR) is 52.8 cm³/mol. The van der Waals surface area contributed by atoms with E-state index in [0.29, 0.717) is 6.79 Å². The van der Waals surface area contributed by atoms with Gasteiger partial charge in [-0.3, -0.25) is 0 Å². The number of methoxy groups -OCH3 is 1. The molecule has 1 aromatic rings. The molecule has 0 fully saturated rings. The molecule has 70 valence electrons. The summed E-state index contributed by atoms with van der Waals surface area (Å²) in [6.07, 6.45) is 2.77. The highest BCUT2D eigenvalue weighted by molar-refractivity contribution is 5.28. The standard InChI is InChI=1S/C11H14O2/c1-3-4-10-5-7-11(8-6-10)13-9-12-2/h3,5-8H,1,4,9H2,2H3. The molecular weight excluding hydrogens is 164 g/mol. The van der Waals surface area contributed by atoms with Crippen LogP contribution in [0.25, 0.3) is 0 Å². The number of hydrogen-bond acceptors (Lipinski definition) is 2. The number of hydrogen-bond donors (Lipinski definition) is 0. The van der Waals surface area contributed by atoms with Crippen LogP contribution in [0.5, 0.6) is 5.75 Å². The summed E-state index contributed by atoms with van der Waals surface area (Å²) in [5.74, 6) is 0.828. The van der Waals surface area contributed by atoms with Crippen molar-refractivity contribution in [2.45, 2.75) is 6.42 Å². The van der Waals surface area contributed by atoms with Crippen molar-refractivity contribution in [2.75, 3.05) is 13.9 Å². The van der Waals surface area contributed by atoms with Crippen LogP contribution in [0.15, 0.2) is 36.9 Å². The molecule has 0 aliphatic rings. The topological polar surface area (TPSA) is 18.5 Å². The van der Waals surface area contributed by atoms with E-state index in [2.05, 4.69) is 6.58 Å². The molecule has 0 saturated heterocycles. The second kappa shape index (κ2) is 5.38. The van der Waals surface area contributed by atoms with Gasteiger partial charge in [0, 0.05) is 7.11 Å². The van der Waals surface area contributed by atoms with Crippen molar-refractivity contribution in [3.05, 3.63) is 42.5 Å². The molecule has 0 bridgehead atoms. The minimum atomic E-state index is 0.292. The van der Waals surface area contributed by atoms with Gasteiger partial charge in [-0.2, -0.15) is 0 Å². The summed E-state index contributed by atoms with van der Waals surface area (Å²) in [6, 6.07) is 7.90. The monoisotopic (exact) mass is 178 g/mol. The zero-order chi connectivity index (χ0) is 9.52. The van der Waals surface area contributed by atoms with Crippen molar-refractivity contribution in [3.8, 4) is 5.75 Å². The maximum absolute atomic E-state index is 5.24. The van der Waals surface area contributed by atoms with Crippen LogP contribution in [0.1, 0.15) is 5.56 Å². The van der Waals surface area contributed by atoms with E-state index >= 15 is 0 Å². The van der Waals surface area contributed by atoms with Gasteiger partial charge < -0.3 is 9.47 Å². The molecule has 0 saturated carbocycles. The maximum atomic E-state index is 5.24. The lowest BCUT2D eigenvalue weighted by Gasteiger charge is -2.04. The fourth-order valence-electron chi connectivity index (χ4n) is 1.02. The fourth-order valence-corrected chi connectivity index (χ4v) is 1.02. The van der Waals surface area contributed by atoms with E-state index in [1.54, 1.807) is 7.11 Å². The first kappa shape index (κ1) is 9.81. The Morgan fingerprint density at radius 3 is 2.54 bits per heavy atom. The third kappa shape index (κ3) is 3.30. The molecule has 0 unspecified atom stereocenters. The zero-order valence-corrected chi connectivity index (χ0v) is 7.82. The first-order valence-corrected chi connectivity index (χ1v) is 4.18. The molecule has 13 heavy (non-hydrogen) atoms. The second-order valence-electron chi connectivity index (χ2n) is 2.69. The van der Waals surface area contributed by atoms with Crippen LogP contribution in [0.4, 0.5) is 0 Å². The van der Waals surface area contributed by atoms with Gasteiger partial charge in [-0.1, -0.05) is 18.2 Å². The normalized spacial score (nSPS) is 9.62. The van der Waals surface area contributed by atoms with E-state index in [4.69, 9.17) is 9.47 Å². The van der Waals surface area contributed by atoms with Gasteiger partial charge in [0.15, 0.2) is 6.79 Å². The molecule has 0 amide bonds.